The van der Waals surface area contributed by atoms with Crippen molar-refractivity contribution in [3.05, 3.63) is 17.5 Å². The Balaban J connectivity index is 3.07. The molecule has 1 atom stereocenters. The van der Waals surface area contributed by atoms with E-state index in [0.29, 0.717) is 12.1 Å². The number of hydrogen-bond acceptors (Lipinski definition) is 5. The number of nitrogens with one attached hydrogen (secondary N) is 1. The molecule has 0 radical (unpaired) electrons. The molecule has 0 amide bonds. The number of aliphatic carboxylic acids is 1. The summed E-state index contributed by atoms with van der Waals surface area (Å²) in [6, 6.07) is 3.44. The van der Waals surface area contributed by atoms with E-state index >= 15 is 0 Å². The van der Waals surface area contributed by atoms with Crippen LogP contribution in [0.3, 0.4) is 0 Å². The van der Waals surface area contributed by atoms with Crippen LogP contribution in [0.15, 0.2) is 6.07 Å². The minimum Gasteiger partial charge on any atom is -0.480 e. The van der Waals surface area contributed by atoms with Gasteiger partial charge in [-0.15, -0.1) is 0 Å². The first kappa shape index (κ1) is 12.9. The summed E-state index contributed by atoms with van der Waals surface area (Å²) in [6.07, 6.45) is 0.377. The van der Waals surface area contributed by atoms with Crippen molar-refractivity contribution in [3.8, 4) is 6.07 Å². The number of hydrogen-bond donors (Lipinski definition) is 2. The third kappa shape index (κ3) is 2.91. The average Bonchev–Trinajstić information content (AvgIpc) is 2.27. The smallest absolute Gasteiger partial charge is 0.329 e. The van der Waals surface area contributed by atoms with Crippen molar-refractivity contribution in [1.82, 2.24) is 9.97 Å². The van der Waals surface area contributed by atoms with Crippen LogP contribution in [-0.2, 0) is 4.79 Å². The highest BCUT2D eigenvalue weighted by atomic mass is 16.4. The first-order chi connectivity index (χ1) is 7.91. The monoisotopic (exact) mass is 234 g/mol. The van der Waals surface area contributed by atoms with Gasteiger partial charge in [-0.3, -0.25) is 0 Å². The number of aryl methyl sites for hydroxylation is 1. The molecule has 1 unspecified atom stereocenters. The van der Waals surface area contributed by atoms with Gasteiger partial charge in [-0.1, -0.05) is 6.92 Å². The van der Waals surface area contributed by atoms with Crippen LogP contribution in [0.5, 0.6) is 0 Å². The molecule has 1 aromatic rings. The number of nitrogens with zero attached hydrogens (tertiary/aromatic N) is 3. The Bertz CT molecular complexity index is 481. The zero-order valence-electron chi connectivity index (χ0n) is 9.98. The quantitative estimate of drug-likeness (QED) is 0.815. The van der Waals surface area contributed by atoms with Crippen LogP contribution in [0.1, 0.15) is 31.7 Å². The summed E-state index contributed by atoms with van der Waals surface area (Å²) in [5.74, 6) is -0.822. The molecule has 1 aromatic heterocycles. The molecule has 0 fully saturated rings. The van der Waals surface area contributed by atoms with E-state index in [1.807, 2.05) is 6.07 Å². The fourth-order valence-corrected chi connectivity index (χ4v) is 1.22. The number of carbonyl (C=O) groups is 1. The van der Waals surface area contributed by atoms with Crippen LogP contribution in [0.4, 0.5) is 5.95 Å². The molecule has 0 saturated heterocycles. The molecule has 0 saturated carbocycles. The number of aromatic nitrogens is 2. The van der Waals surface area contributed by atoms with Gasteiger partial charge in [0.1, 0.15) is 17.3 Å². The van der Waals surface area contributed by atoms with Gasteiger partial charge >= 0.3 is 5.97 Å². The summed E-state index contributed by atoms with van der Waals surface area (Å²) >= 11 is 0. The lowest BCUT2D eigenvalue weighted by atomic mass is 10.00. The van der Waals surface area contributed by atoms with Gasteiger partial charge < -0.3 is 10.4 Å². The van der Waals surface area contributed by atoms with Crippen molar-refractivity contribution >= 4 is 11.9 Å². The van der Waals surface area contributed by atoms with Gasteiger partial charge in [-0.05, 0) is 26.3 Å². The highest BCUT2D eigenvalue weighted by Gasteiger charge is 2.31. The van der Waals surface area contributed by atoms with E-state index in [9.17, 15) is 4.79 Å². The van der Waals surface area contributed by atoms with Crippen molar-refractivity contribution in [2.45, 2.75) is 32.7 Å². The lowest BCUT2D eigenvalue weighted by molar-refractivity contribution is -0.141. The maximum Gasteiger partial charge on any atom is 0.329 e. The predicted molar refractivity (Wildman–Crippen MR) is 61.4 cm³/mol. The van der Waals surface area contributed by atoms with Crippen LogP contribution >= 0.6 is 0 Å². The van der Waals surface area contributed by atoms with Crippen molar-refractivity contribution in [3.63, 3.8) is 0 Å². The molecule has 2 N–H and O–H groups in total. The molecule has 0 bridgehead atoms. The fraction of sp³-hybridized carbons (Fsp3) is 0.455. The summed E-state index contributed by atoms with van der Waals surface area (Å²) in [5.41, 5.74) is -0.313. The van der Waals surface area contributed by atoms with E-state index in [0.717, 1.165) is 0 Å². The summed E-state index contributed by atoms with van der Waals surface area (Å²) < 4.78 is 0. The van der Waals surface area contributed by atoms with Crippen LogP contribution in [0.25, 0.3) is 0 Å². The van der Waals surface area contributed by atoms with Crippen molar-refractivity contribution in [2.24, 2.45) is 0 Å². The van der Waals surface area contributed by atoms with E-state index in [-0.39, 0.29) is 11.6 Å². The topological polar surface area (TPSA) is 98.9 Å². The highest BCUT2D eigenvalue weighted by Crippen LogP contribution is 2.16. The Morgan fingerprint density at radius 1 is 1.65 bits per heavy atom. The first-order valence-electron chi connectivity index (χ1n) is 5.18. The maximum atomic E-state index is 11.1. The largest absolute Gasteiger partial charge is 0.480 e. The second-order valence-corrected chi connectivity index (χ2v) is 3.95. The minimum atomic E-state index is -1.14. The summed E-state index contributed by atoms with van der Waals surface area (Å²) in [6.45, 7) is 5.02. The predicted octanol–water partition coefficient (Wildman–Crippen LogP) is 1.32. The van der Waals surface area contributed by atoms with Gasteiger partial charge in [0.25, 0.3) is 0 Å². The fourth-order valence-electron chi connectivity index (χ4n) is 1.22. The van der Waals surface area contributed by atoms with E-state index in [1.165, 1.54) is 6.07 Å². The van der Waals surface area contributed by atoms with Gasteiger partial charge in [0.2, 0.25) is 5.95 Å². The molecule has 17 heavy (non-hydrogen) atoms. The van der Waals surface area contributed by atoms with Gasteiger partial charge in [-0.2, -0.15) is 5.26 Å². The Morgan fingerprint density at radius 2 is 2.29 bits per heavy atom. The normalized spacial score (nSPS) is 13.5. The third-order valence-corrected chi connectivity index (χ3v) is 2.54. The Hall–Kier alpha value is -2.16. The molecular formula is C11H14N4O2. The van der Waals surface area contributed by atoms with Crippen molar-refractivity contribution in [1.29, 1.82) is 5.26 Å². The molecule has 0 aliphatic heterocycles. The van der Waals surface area contributed by atoms with Crippen LogP contribution in [-0.4, -0.2) is 26.6 Å². The molecule has 6 nitrogen and oxygen atoms in total. The van der Waals surface area contributed by atoms with Crippen LogP contribution in [0, 0.1) is 18.3 Å². The van der Waals surface area contributed by atoms with Gasteiger partial charge in [0.15, 0.2) is 0 Å². The van der Waals surface area contributed by atoms with Crippen molar-refractivity contribution < 1.29 is 9.90 Å². The number of nitriles is 1. The molecule has 0 aromatic carbocycles. The molecule has 90 valence electrons. The number of carboxylic acid groups (broad SMARTS) is 1. The lowest BCUT2D eigenvalue weighted by Crippen LogP contribution is -2.43. The first-order valence-corrected chi connectivity index (χ1v) is 5.18. The average molecular weight is 234 g/mol. The molecule has 1 heterocycles. The summed E-state index contributed by atoms with van der Waals surface area (Å²) in [5, 5.41) is 20.6. The van der Waals surface area contributed by atoms with Gasteiger partial charge in [0, 0.05) is 5.69 Å². The molecule has 1 rings (SSSR count). The number of rotatable bonds is 4. The lowest BCUT2D eigenvalue weighted by Gasteiger charge is -2.24. The van der Waals surface area contributed by atoms with Crippen LogP contribution < -0.4 is 5.32 Å². The second-order valence-electron chi connectivity index (χ2n) is 3.95. The maximum absolute atomic E-state index is 11.1. The van der Waals surface area contributed by atoms with Gasteiger partial charge in [0.05, 0.1) is 0 Å². The van der Waals surface area contributed by atoms with Gasteiger partial charge in [-0.25, -0.2) is 14.8 Å². The van der Waals surface area contributed by atoms with E-state index in [1.54, 1.807) is 20.8 Å². The highest BCUT2D eigenvalue weighted by molar-refractivity contribution is 5.81. The second kappa shape index (κ2) is 4.78. The zero-order valence-corrected chi connectivity index (χ0v) is 9.98. The molecule has 0 spiro atoms. The van der Waals surface area contributed by atoms with Crippen LogP contribution in [0.2, 0.25) is 0 Å². The standard InChI is InChI=1S/C11H14N4O2/c1-4-11(3,9(16)17)15-10-13-7(2)5-8(6-12)14-10/h5H,4H2,1-3H3,(H,16,17)(H,13,14,15). The van der Waals surface area contributed by atoms with E-state index < -0.39 is 11.5 Å². The molecule has 6 heteroatoms. The number of anilines is 1. The molecular weight excluding hydrogens is 220 g/mol. The summed E-state index contributed by atoms with van der Waals surface area (Å²) in [7, 11) is 0. The van der Waals surface area contributed by atoms with E-state index in [4.69, 9.17) is 10.4 Å². The zero-order chi connectivity index (χ0) is 13.1. The Morgan fingerprint density at radius 3 is 2.76 bits per heavy atom. The molecule has 0 aliphatic rings. The number of carboxylic acids is 1. The minimum absolute atomic E-state index is 0.160. The summed E-state index contributed by atoms with van der Waals surface area (Å²) in [4.78, 5) is 19.1. The Labute approximate surface area is 99.3 Å². The van der Waals surface area contributed by atoms with E-state index in [2.05, 4.69) is 15.3 Å². The Kier molecular flexibility index (Phi) is 3.63. The molecule has 0 aliphatic carbocycles. The third-order valence-electron chi connectivity index (χ3n) is 2.54. The van der Waals surface area contributed by atoms with Crippen molar-refractivity contribution in [2.75, 3.05) is 5.32 Å². The SMILES string of the molecule is CCC(C)(Nc1nc(C)cc(C#N)n1)C(=O)O.